The van der Waals surface area contributed by atoms with Crippen LogP contribution in [-0.2, 0) is 10.2 Å². The standard InChI is InChI=1S/C18H11N5O2S/c19-8-10-15(20)25-16-13(14(22-23-16)12-6-3-7-26-12)18(10)9-4-1-2-5-11(9)21-17(18)24/h1-7H,20H2,(H,21,24)(H,22,23)/t18-/m0/s1. The van der Waals surface area contributed by atoms with Crippen LogP contribution in [0.25, 0.3) is 10.6 Å². The van der Waals surface area contributed by atoms with E-state index in [-0.39, 0.29) is 23.2 Å². The van der Waals surface area contributed by atoms with E-state index in [1.165, 1.54) is 11.3 Å². The van der Waals surface area contributed by atoms with Gasteiger partial charge < -0.3 is 15.8 Å². The average Bonchev–Trinajstić information content (AvgIpc) is 3.34. The molecule has 2 aliphatic rings. The number of anilines is 1. The van der Waals surface area contributed by atoms with Crippen LogP contribution in [-0.4, -0.2) is 16.1 Å². The summed E-state index contributed by atoms with van der Waals surface area (Å²) in [5.74, 6) is -0.255. The highest BCUT2D eigenvalue weighted by Gasteiger charge is 2.58. The molecule has 1 amide bonds. The number of thiophene rings is 1. The lowest BCUT2D eigenvalue weighted by atomic mass is 9.69. The Kier molecular flexibility index (Phi) is 2.82. The zero-order valence-corrected chi connectivity index (χ0v) is 14.1. The minimum Gasteiger partial charge on any atom is -0.420 e. The smallest absolute Gasteiger partial charge is 0.245 e. The van der Waals surface area contributed by atoms with Crippen LogP contribution in [0.4, 0.5) is 5.69 Å². The van der Waals surface area contributed by atoms with Crippen LogP contribution in [0, 0.1) is 11.3 Å². The Morgan fingerprint density at radius 1 is 1.27 bits per heavy atom. The summed E-state index contributed by atoms with van der Waals surface area (Å²) in [4.78, 5) is 14.1. The highest BCUT2D eigenvalue weighted by Crippen LogP contribution is 2.55. The van der Waals surface area contributed by atoms with Crippen molar-refractivity contribution in [1.82, 2.24) is 10.2 Å². The lowest BCUT2D eigenvalue weighted by Crippen LogP contribution is -2.42. The molecule has 5 rings (SSSR count). The molecule has 0 aliphatic carbocycles. The maximum atomic E-state index is 13.3. The first-order chi connectivity index (χ1) is 12.7. The van der Waals surface area contributed by atoms with E-state index < -0.39 is 5.41 Å². The van der Waals surface area contributed by atoms with E-state index in [9.17, 15) is 10.1 Å². The molecule has 1 atom stereocenters. The Morgan fingerprint density at radius 2 is 2.12 bits per heavy atom. The van der Waals surface area contributed by atoms with Crippen molar-refractivity contribution < 1.29 is 9.53 Å². The molecule has 4 heterocycles. The third-order valence-electron chi connectivity index (χ3n) is 4.74. The number of H-pyrrole nitrogens is 1. The number of ether oxygens (including phenoxy) is 1. The second-order valence-electron chi connectivity index (χ2n) is 5.96. The molecule has 0 saturated heterocycles. The van der Waals surface area contributed by atoms with Gasteiger partial charge in [0.15, 0.2) is 0 Å². The van der Waals surface area contributed by atoms with Gasteiger partial charge in [0.1, 0.15) is 17.1 Å². The summed E-state index contributed by atoms with van der Waals surface area (Å²) < 4.78 is 5.58. The summed E-state index contributed by atoms with van der Waals surface area (Å²) in [5.41, 5.74) is 7.13. The van der Waals surface area contributed by atoms with Crippen molar-refractivity contribution in [2.24, 2.45) is 5.73 Å². The number of aromatic nitrogens is 2. The van der Waals surface area contributed by atoms with E-state index in [0.29, 0.717) is 22.5 Å². The molecule has 0 unspecified atom stereocenters. The van der Waals surface area contributed by atoms with Crippen LogP contribution in [0.3, 0.4) is 0 Å². The van der Waals surface area contributed by atoms with Crippen molar-refractivity contribution in [2.45, 2.75) is 5.41 Å². The van der Waals surface area contributed by atoms with Crippen LogP contribution >= 0.6 is 11.3 Å². The average molecular weight is 361 g/mol. The van der Waals surface area contributed by atoms with Crippen molar-refractivity contribution in [1.29, 1.82) is 5.26 Å². The van der Waals surface area contributed by atoms with Gasteiger partial charge in [-0.1, -0.05) is 24.3 Å². The van der Waals surface area contributed by atoms with Crippen LogP contribution in [0.15, 0.2) is 53.2 Å². The highest BCUT2D eigenvalue weighted by atomic mass is 32.1. The van der Waals surface area contributed by atoms with Crippen molar-refractivity contribution >= 4 is 22.9 Å². The molecule has 4 N–H and O–H groups in total. The number of carbonyl (C=O) groups is 1. The summed E-state index contributed by atoms with van der Waals surface area (Å²) in [6.45, 7) is 0. The molecule has 2 aliphatic heterocycles. The second-order valence-corrected chi connectivity index (χ2v) is 6.91. The number of fused-ring (bicyclic) bond motifs is 4. The molecule has 0 bridgehead atoms. The molecule has 126 valence electrons. The van der Waals surface area contributed by atoms with E-state index >= 15 is 0 Å². The van der Waals surface area contributed by atoms with Gasteiger partial charge in [0.2, 0.25) is 17.7 Å². The fourth-order valence-electron chi connectivity index (χ4n) is 3.70. The topological polar surface area (TPSA) is 117 Å². The molecule has 8 heteroatoms. The summed E-state index contributed by atoms with van der Waals surface area (Å²) in [6.07, 6.45) is 0. The van der Waals surface area contributed by atoms with E-state index in [0.717, 1.165) is 4.88 Å². The number of nitriles is 1. The lowest BCUT2D eigenvalue weighted by molar-refractivity contribution is -0.118. The number of para-hydroxylation sites is 1. The first kappa shape index (κ1) is 14.7. The Balaban J connectivity index is 1.93. The molecule has 0 saturated carbocycles. The summed E-state index contributed by atoms with van der Waals surface area (Å²) in [6, 6.07) is 13.2. The lowest BCUT2D eigenvalue weighted by Gasteiger charge is -2.31. The van der Waals surface area contributed by atoms with Gasteiger partial charge in [-0.05, 0) is 17.5 Å². The number of hydrogen-bond donors (Lipinski definition) is 3. The molecule has 1 aromatic carbocycles. The molecular formula is C18H11N5O2S. The summed E-state index contributed by atoms with van der Waals surface area (Å²) in [5, 5.41) is 21.8. The van der Waals surface area contributed by atoms with Crippen molar-refractivity contribution in [3.05, 3.63) is 64.4 Å². The highest BCUT2D eigenvalue weighted by molar-refractivity contribution is 7.13. The van der Waals surface area contributed by atoms with Crippen LogP contribution < -0.4 is 15.8 Å². The van der Waals surface area contributed by atoms with E-state index in [1.807, 2.05) is 35.7 Å². The minimum absolute atomic E-state index is 0.0617. The van der Waals surface area contributed by atoms with Gasteiger partial charge in [0.25, 0.3) is 0 Å². The zero-order valence-electron chi connectivity index (χ0n) is 13.2. The Bertz CT molecular complexity index is 1140. The fourth-order valence-corrected chi connectivity index (χ4v) is 4.43. The third kappa shape index (κ3) is 1.60. The van der Waals surface area contributed by atoms with Crippen LogP contribution in [0.1, 0.15) is 11.1 Å². The SMILES string of the molecule is N#CC1=C(N)Oc2n[nH]c(-c3cccs3)c2[C@@]12C(=O)Nc1ccccc12. The van der Waals surface area contributed by atoms with Crippen LogP contribution in [0.5, 0.6) is 5.88 Å². The van der Waals surface area contributed by atoms with Gasteiger partial charge in [-0.2, -0.15) is 5.26 Å². The Hall–Kier alpha value is -3.57. The van der Waals surface area contributed by atoms with Gasteiger partial charge in [-0.3, -0.25) is 9.89 Å². The maximum absolute atomic E-state index is 13.3. The monoisotopic (exact) mass is 361 g/mol. The Morgan fingerprint density at radius 3 is 2.88 bits per heavy atom. The molecule has 3 aromatic rings. The largest absolute Gasteiger partial charge is 0.420 e. The van der Waals surface area contributed by atoms with E-state index in [1.54, 1.807) is 6.07 Å². The molecule has 1 spiro atoms. The molecule has 0 radical (unpaired) electrons. The predicted molar refractivity (Wildman–Crippen MR) is 95.2 cm³/mol. The molecule has 26 heavy (non-hydrogen) atoms. The maximum Gasteiger partial charge on any atom is 0.245 e. The van der Waals surface area contributed by atoms with Gasteiger partial charge in [0, 0.05) is 11.3 Å². The van der Waals surface area contributed by atoms with Crippen molar-refractivity contribution in [2.75, 3.05) is 5.32 Å². The summed E-state index contributed by atoms with van der Waals surface area (Å²) in [7, 11) is 0. The van der Waals surface area contributed by atoms with E-state index in [2.05, 4.69) is 21.6 Å². The van der Waals surface area contributed by atoms with Gasteiger partial charge in [0.05, 0.1) is 16.1 Å². The van der Waals surface area contributed by atoms with Gasteiger partial charge >= 0.3 is 0 Å². The van der Waals surface area contributed by atoms with Crippen molar-refractivity contribution in [3.8, 4) is 22.5 Å². The van der Waals surface area contributed by atoms with Crippen molar-refractivity contribution in [3.63, 3.8) is 0 Å². The Labute approximate surface area is 151 Å². The van der Waals surface area contributed by atoms with Crippen LogP contribution in [0.2, 0.25) is 0 Å². The fraction of sp³-hybridized carbons (Fsp3) is 0.0556. The zero-order chi connectivity index (χ0) is 17.9. The number of aromatic amines is 1. The number of carbonyl (C=O) groups excluding carboxylic acids is 1. The number of nitrogens with two attached hydrogens (primary N) is 1. The van der Waals surface area contributed by atoms with E-state index in [4.69, 9.17) is 10.5 Å². The third-order valence-corrected chi connectivity index (χ3v) is 5.62. The summed E-state index contributed by atoms with van der Waals surface area (Å²) >= 11 is 1.50. The quantitative estimate of drug-likeness (QED) is 0.615. The molecule has 7 nitrogen and oxygen atoms in total. The molecular weight excluding hydrogens is 350 g/mol. The number of nitrogens with one attached hydrogen (secondary N) is 2. The number of rotatable bonds is 1. The number of benzene rings is 1. The number of nitrogens with zero attached hydrogens (tertiary/aromatic N) is 2. The molecule has 2 aromatic heterocycles. The normalized spacial score (nSPS) is 20.3. The number of hydrogen-bond acceptors (Lipinski definition) is 6. The van der Waals surface area contributed by atoms with Gasteiger partial charge in [-0.25, -0.2) is 0 Å². The molecule has 0 fully saturated rings. The minimum atomic E-state index is -1.39. The first-order valence-electron chi connectivity index (χ1n) is 7.79. The van der Waals surface area contributed by atoms with Gasteiger partial charge in [-0.15, -0.1) is 16.4 Å². The first-order valence-corrected chi connectivity index (χ1v) is 8.67. The second kappa shape index (κ2) is 4.97. The number of amides is 1. The predicted octanol–water partition coefficient (Wildman–Crippen LogP) is 2.46.